The summed E-state index contributed by atoms with van der Waals surface area (Å²) in [6.07, 6.45) is 3.31. The molecule has 65 heavy (non-hydrogen) atoms. The summed E-state index contributed by atoms with van der Waals surface area (Å²) in [6.45, 7) is 11.3. The van der Waals surface area contributed by atoms with E-state index in [0.717, 1.165) is 24.0 Å². The van der Waals surface area contributed by atoms with Crippen LogP contribution in [0, 0.1) is 29.6 Å². The maximum atomic E-state index is 16.3. The third-order valence-electron chi connectivity index (χ3n) is 14.8. The van der Waals surface area contributed by atoms with Crippen LogP contribution in [0.5, 0.6) is 0 Å². The summed E-state index contributed by atoms with van der Waals surface area (Å²) >= 11 is 0. The van der Waals surface area contributed by atoms with E-state index < -0.39 is 83.9 Å². The number of ether oxygens (including phenoxy) is 5. The van der Waals surface area contributed by atoms with Crippen LogP contribution in [-0.2, 0) is 42.9 Å². The molecule has 1 saturated carbocycles. The first kappa shape index (κ1) is 52.6. The van der Waals surface area contributed by atoms with Gasteiger partial charge in [-0.25, -0.2) is 9.18 Å². The number of alkyl halides is 1. The molecule has 3 aliphatic heterocycles. The van der Waals surface area contributed by atoms with Gasteiger partial charge in [0.05, 0.1) is 24.4 Å². The maximum Gasteiger partial charge on any atom is 0.329 e. The summed E-state index contributed by atoms with van der Waals surface area (Å²) in [6, 6.07) is 8.44. The molecule has 3 fully saturated rings. The molecule has 0 spiro atoms. The standard InChI is InChI=1S/C51H77FN2O11/c1-10-36-25-31(3)45(52)32(4)26-43(62-8)47-44(63-9)27-34(6)51(60,65-47)48(57)49(58)54-23-15-14-18-39(54)50(59)64-46(30(2)19-22-40(36)55)33(5)24-35-20-21-38(42(28-35)61-7)53-29-41(56)37-16-12-11-13-17-37/h11-13,16-17,24-25,30,32,34-36,38-39,41-47,53,56,60H,10,14-15,18-23,26-29H2,1-9H3/b31-25+,33-24?. The van der Waals surface area contributed by atoms with Crippen LogP contribution >= 0.6 is 0 Å². The second kappa shape index (κ2) is 24.1. The van der Waals surface area contributed by atoms with Crippen molar-refractivity contribution >= 4 is 23.4 Å². The Morgan fingerprint density at radius 2 is 1.62 bits per heavy atom. The van der Waals surface area contributed by atoms with Crippen molar-refractivity contribution in [2.45, 2.75) is 173 Å². The average Bonchev–Trinajstić information content (AvgIpc) is 3.32. The minimum Gasteiger partial charge on any atom is -0.456 e. The number of cyclic esters (lactones) is 1. The highest BCUT2D eigenvalue weighted by molar-refractivity contribution is 6.39. The smallest absolute Gasteiger partial charge is 0.329 e. The number of fused-ring (bicyclic) bond motifs is 3. The summed E-state index contributed by atoms with van der Waals surface area (Å²) in [7, 11) is 4.61. The number of halogens is 1. The van der Waals surface area contributed by atoms with E-state index in [2.05, 4.69) is 11.4 Å². The number of ketones is 2. The van der Waals surface area contributed by atoms with Crippen LogP contribution in [0.25, 0.3) is 0 Å². The van der Waals surface area contributed by atoms with Crippen LogP contribution in [0.2, 0.25) is 0 Å². The molecule has 1 aromatic carbocycles. The van der Waals surface area contributed by atoms with Crippen molar-refractivity contribution in [1.29, 1.82) is 0 Å². The summed E-state index contributed by atoms with van der Waals surface area (Å²) < 4.78 is 46.5. The lowest BCUT2D eigenvalue weighted by Gasteiger charge is -2.47. The number of allylic oxidation sites excluding steroid dienone is 3. The fourth-order valence-electron chi connectivity index (χ4n) is 10.6. The summed E-state index contributed by atoms with van der Waals surface area (Å²) in [4.78, 5) is 58.3. The van der Waals surface area contributed by atoms with Crippen molar-refractivity contribution in [3.05, 3.63) is 59.2 Å². The Morgan fingerprint density at radius 3 is 2.28 bits per heavy atom. The topological polar surface area (TPSA) is 170 Å². The lowest BCUT2D eigenvalue weighted by atomic mass is 9.81. The molecule has 15 atom stereocenters. The quantitative estimate of drug-likeness (QED) is 0.128. The number of carbonyl (C=O) groups is 4. The molecular formula is C51H77FN2O11. The van der Waals surface area contributed by atoms with Gasteiger partial charge in [0.25, 0.3) is 11.7 Å². The second-order valence-electron chi connectivity index (χ2n) is 19.4. The zero-order valence-electron chi connectivity index (χ0n) is 40.2. The van der Waals surface area contributed by atoms with Crippen LogP contribution < -0.4 is 5.32 Å². The maximum absolute atomic E-state index is 16.3. The Bertz CT molecular complexity index is 1810. The van der Waals surface area contributed by atoms with Gasteiger partial charge in [-0.15, -0.1) is 0 Å². The highest BCUT2D eigenvalue weighted by atomic mass is 19.1. The minimum atomic E-state index is -2.58. The van der Waals surface area contributed by atoms with Gasteiger partial charge >= 0.3 is 5.97 Å². The van der Waals surface area contributed by atoms with Crippen LogP contribution in [0.1, 0.15) is 124 Å². The van der Waals surface area contributed by atoms with E-state index >= 15 is 4.39 Å². The Labute approximate surface area is 386 Å². The number of Topliss-reactive ketones (excluding diaryl/α,β-unsaturated/α-hetero) is 2. The molecule has 2 bridgehead atoms. The number of esters is 1. The minimum absolute atomic E-state index is 0.0200. The summed E-state index contributed by atoms with van der Waals surface area (Å²) in [5, 5.41) is 26.4. The predicted octanol–water partition coefficient (Wildman–Crippen LogP) is 6.78. The molecule has 0 radical (unpaired) electrons. The van der Waals surface area contributed by atoms with E-state index in [4.69, 9.17) is 23.7 Å². The Morgan fingerprint density at radius 1 is 0.938 bits per heavy atom. The molecule has 1 aliphatic carbocycles. The number of nitrogens with zero attached hydrogens (tertiary/aromatic N) is 1. The van der Waals surface area contributed by atoms with Gasteiger partial charge in [0, 0.05) is 58.7 Å². The number of carbonyl (C=O) groups excluding carboxylic acids is 4. The van der Waals surface area contributed by atoms with Gasteiger partial charge < -0.3 is 44.1 Å². The SMILES string of the molecule is CCC1/C=C(\C)C(F)C(C)CC(OC)C2OC(O)(C(=O)C(=O)N3CCCCC3C(=O)OC(C(C)=CC3CCC(NCC(O)c4ccccc4)C(OC)C3)C(C)CCC1=O)C(C)CC2OC. The van der Waals surface area contributed by atoms with Crippen molar-refractivity contribution in [1.82, 2.24) is 10.2 Å². The molecule has 3 N–H and O–H groups in total. The van der Waals surface area contributed by atoms with E-state index in [1.807, 2.05) is 51.1 Å². The molecule has 13 nitrogen and oxygen atoms in total. The second-order valence-corrected chi connectivity index (χ2v) is 19.4. The van der Waals surface area contributed by atoms with Gasteiger partial charge in [-0.3, -0.25) is 14.4 Å². The molecule has 2 saturated heterocycles. The number of rotatable bonds is 10. The van der Waals surface area contributed by atoms with Crippen LogP contribution in [0.4, 0.5) is 4.39 Å². The third kappa shape index (κ3) is 12.8. The number of hydrogen-bond donors (Lipinski definition) is 3. The summed E-state index contributed by atoms with van der Waals surface area (Å²) in [5.41, 5.74) is 2.05. The highest BCUT2D eigenvalue weighted by Crippen LogP contribution is 2.40. The van der Waals surface area contributed by atoms with Crippen molar-refractivity contribution in [2.75, 3.05) is 34.4 Å². The number of aliphatic hydroxyl groups excluding tert-OH is 1. The van der Waals surface area contributed by atoms with Gasteiger partial charge in [0.15, 0.2) is 0 Å². The zero-order chi connectivity index (χ0) is 47.6. The fourth-order valence-corrected chi connectivity index (χ4v) is 10.6. The van der Waals surface area contributed by atoms with Crippen LogP contribution in [0.3, 0.4) is 0 Å². The Balaban J connectivity index is 1.45. The first-order chi connectivity index (χ1) is 31.0. The molecule has 3 heterocycles. The van der Waals surface area contributed by atoms with Gasteiger partial charge in [0.1, 0.15) is 30.2 Å². The molecular weight excluding hydrogens is 836 g/mol. The van der Waals surface area contributed by atoms with Gasteiger partial charge in [-0.2, -0.15) is 0 Å². The number of amides is 1. The van der Waals surface area contributed by atoms with Crippen molar-refractivity contribution in [2.24, 2.45) is 29.6 Å². The van der Waals surface area contributed by atoms with Crippen molar-refractivity contribution in [3.63, 3.8) is 0 Å². The zero-order valence-corrected chi connectivity index (χ0v) is 40.2. The number of piperidine rings is 1. The number of nitrogens with one attached hydrogen (secondary N) is 1. The fraction of sp³-hybridized carbons (Fsp3) is 0.725. The molecule has 14 heteroatoms. The lowest BCUT2D eigenvalue weighted by Crippen LogP contribution is -2.64. The average molecular weight is 913 g/mol. The number of benzene rings is 1. The first-order valence-electron chi connectivity index (χ1n) is 24.0. The normalized spacial score (nSPS) is 37.9. The van der Waals surface area contributed by atoms with Crippen molar-refractivity contribution < 1.29 is 57.5 Å². The molecule has 1 aromatic rings. The largest absolute Gasteiger partial charge is 0.456 e. The number of hydrogen-bond acceptors (Lipinski definition) is 12. The third-order valence-corrected chi connectivity index (χ3v) is 14.8. The number of aliphatic hydroxyl groups is 2. The molecule has 0 aromatic heterocycles. The Kier molecular flexibility index (Phi) is 19.5. The molecule has 1 amide bonds. The van der Waals surface area contributed by atoms with E-state index in [1.54, 1.807) is 34.0 Å². The summed E-state index contributed by atoms with van der Waals surface area (Å²) in [5.74, 6) is -7.79. The Hall–Kier alpha value is -3.37. The van der Waals surface area contributed by atoms with Gasteiger partial charge in [0.2, 0.25) is 5.79 Å². The number of methoxy groups -OCH3 is 3. The van der Waals surface area contributed by atoms with E-state index in [1.165, 1.54) is 19.1 Å². The lowest BCUT2D eigenvalue weighted by molar-refractivity contribution is -0.302. The monoisotopic (exact) mass is 913 g/mol. The molecule has 4 aliphatic rings. The van der Waals surface area contributed by atoms with Crippen molar-refractivity contribution in [3.8, 4) is 0 Å². The van der Waals surface area contributed by atoms with E-state index in [9.17, 15) is 29.4 Å². The van der Waals surface area contributed by atoms with Gasteiger partial charge in [-0.1, -0.05) is 70.2 Å². The molecule has 364 valence electrons. The van der Waals surface area contributed by atoms with E-state index in [0.29, 0.717) is 44.2 Å². The first-order valence-corrected chi connectivity index (χ1v) is 24.0. The highest BCUT2D eigenvalue weighted by Gasteiger charge is 2.56. The molecule has 5 rings (SSSR count). The van der Waals surface area contributed by atoms with Crippen LogP contribution in [0.15, 0.2) is 53.6 Å². The van der Waals surface area contributed by atoms with E-state index in [-0.39, 0.29) is 62.0 Å². The molecule has 15 unspecified atom stereocenters. The predicted molar refractivity (Wildman–Crippen MR) is 244 cm³/mol. The van der Waals surface area contributed by atoms with Gasteiger partial charge in [-0.05, 0) is 113 Å². The van der Waals surface area contributed by atoms with Crippen LogP contribution in [-0.4, -0.2) is 128 Å².